The fourth-order valence-electron chi connectivity index (χ4n) is 6.47. The normalized spacial score (nSPS) is 20.0. The number of nitrogens with one attached hydrogen (secondary N) is 1. The van der Waals surface area contributed by atoms with E-state index in [2.05, 4.69) is 20.3 Å². The summed E-state index contributed by atoms with van der Waals surface area (Å²) in [7, 11) is 1.37. The van der Waals surface area contributed by atoms with Crippen LogP contribution in [0.25, 0.3) is 11.1 Å². The van der Waals surface area contributed by atoms with E-state index in [4.69, 9.17) is 19.9 Å². The summed E-state index contributed by atoms with van der Waals surface area (Å²) in [5.41, 5.74) is 9.20. The van der Waals surface area contributed by atoms with Gasteiger partial charge < -0.3 is 40.0 Å². The highest BCUT2D eigenvalue weighted by Gasteiger charge is 2.38. The number of nitrogens with zero attached hydrogens (tertiary/aromatic N) is 6. The largest absolute Gasteiger partial charge is 0.485 e. The predicted molar refractivity (Wildman–Crippen MR) is 181 cm³/mol. The maximum atomic E-state index is 13.8. The average molecular weight is 679 g/mol. The van der Waals surface area contributed by atoms with Gasteiger partial charge in [-0.3, -0.25) is 4.79 Å². The van der Waals surface area contributed by atoms with E-state index in [1.807, 2.05) is 39.0 Å². The highest BCUT2D eigenvalue weighted by molar-refractivity contribution is 7.14. The highest BCUT2D eigenvalue weighted by Crippen LogP contribution is 2.46. The van der Waals surface area contributed by atoms with Crippen LogP contribution in [0, 0.1) is 0 Å². The first-order valence-corrected chi connectivity index (χ1v) is 17.3. The highest BCUT2D eigenvalue weighted by atomic mass is 32.1. The summed E-state index contributed by atoms with van der Waals surface area (Å²) in [4.78, 5) is 49.9. The number of hydrogen-bond donors (Lipinski definition) is 2. The van der Waals surface area contributed by atoms with Gasteiger partial charge in [0.2, 0.25) is 0 Å². The second kappa shape index (κ2) is 12.5. The Morgan fingerprint density at radius 3 is 2.58 bits per heavy atom. The van der Waals surface area contributed by atoms with Crippen molar-refractivity contribution in [1.29, 1.82) is 0 Å². The molecular weight excluding hydrogens is 636 g/mol. The van der Waals surface area contributed by atoms with E-state index in [0.717, 1.165) is 49.2 Å². The molecule has 0 bridgehead atoms. The number of carbonyl (C=O) groups is 3. The van der Waals surface area contributed by atoms with Crippen molar-refractivity contribution in [3.8, 4) is 5.75 Å². The van der Waals surface area contributed by atoms with Gasteiger partial charge in [0, 0.05) is 30.6 Å². The van der Waals surface area contributed by atoms with Gasteiger partial charge in [0.15, 0.2) is 5.82 Å². The molecule has 0 spiro atoms. The lowest BCUT2D eigenvalue weighted by atomic mass is 10.0. The van der Waals surface area contributed by atoms with Crippen LogP contribution in [0.3, 0.4) is 0 Å². The maximum Gasteiger partial charge on any atom is 0.410 e. The van der Waals surface area contributed by atoms with Gasteiger partial charge in [0.1, 0.15) is 34.2 Å². The van der Waals surface area contributed by atoms with Gasteiger partial charge in [-0.15, -0.1) is 11.3 Å². The SMILES string of the molecule is COC(=O)N1CC=C(c2cc(N3CCC[C@@H](NC(=O)c4sc(C5CC5)cc4OC4CN(C(=O)OC(C)(C)C)C4)C3)c3c(N)ncnn23)C1. The van der Waals surface area contributed by atoms with Crippen molar-refractivity contribution in [2.45, 2.75) is 70.1 Å². The van der Waals surface area contributed by atoms with Crippen LogP contribution in [0.15, 0.2) is 24.5 Å². The predicted octanol–water partition coefficient (Wildman–Crippen LogP) is 4.11. The van der Waals surface area contributed by atoms with Crippen LogP contribution in [0.5, 0.6) is 5.75 Å². The molecule has 3 aromatic rings. The second-order valence-electron chi connectivity index (χ2n) is 13.9. The first kappa shape index (κ1) is 32.0. The fraction of sp³-hybridized carbons (Fsp3) is 0.545. The number of aromatic nitrogens is 3. The van der Waals surface area contributed by atoms with Gasteiger partial charge in [-0.1, -0.05) is 6.08 Å². The van der Waals surface area contributed by atoms with E-state index in [1.54, 1.807) is 14.3 Å². The van der Waals surface area contributed by atoms with E-state index in [9.17, 15) is 14.4 Å². The first-order valence-electron chi connectivity index (χ1n) is 16.5. The molecule has 3 fully saturated rings. The van der Waals surface area contributed by atoms with Crippen molar-refractivity contribution in [3.63, 3.8) is 0 Å². The van der Waals surface area contributed by atoms with Crippen molar-refractivity contribution in [2.24, 2.45) is 0 Å². The minimum Gasteiger partial charge on any atom is -0.485 e. The van der Waals surface area contributed by atoms with Crippen LogP contribution < -0.4 is 20.7 Å². The number of ether oxygens (including phenoxy) is 3. The number of anilines is 2. The number of carbonyl (C=O) groups excluding carboxylic acids is 3. The number of rotatable bonds is 7. The number of methoxy groups -OCH3 is 1. The number of fused-ring (bicyclic) bond motifs is 1. The molecule has 3 amide bonds. The van der Waals surface area contributed by atoms with E-state index >= 15 is 0 Å². The molecule has 1 aliphatic carbocycles. The molecule has 1 atom stereocenters. The van der Waals surface area contributed by atoms with Crippen LogP contribution in [0.1, 0.15) is 72.6 Å². The van der Waals surface area contributed by atoms with E-state index < -0.39 is 5.60 Å². The van der Waals surface area contributed by atoms with Gasteiger partial charge in [0.05, 0.1) is 38.1 Å². The molecule has 0 unspecified atom stereocenters. The molecule has 14 nitrogen and oxygen atoms in total. The Labute approximate surface area is 282 Å². The molecule has 15 heteroatoms. The summed E-state index contributed by atoms with van der Waals surface area (Å²) in [6.45, 7) is 8.57. The molecule has 2 saturated heterocycles. The Hall–Kier alpha value is -4.53. The van der Waals surface area contributed by atoms with Crippen molar-refractivity contribution in [1.82, 2.24) is 29.7 Å². The number of thiophene rings is 1. The zero-order chi connectivity index (χ0) is 33.7. The molecule has 0 aromatic carbocycles. The summed E-state index contributed by atoms with van der Waals surface area (Å²) in [5, 5.41) is 7.79. The molecule has 3 N–H and O–H groups in total. The third-order valence-electron chi connectivity index (χ3n) is 9.04. The van der Waals surface area contributed by atoms with Gasteiger partial charge in [-0.05, 0) is 70.1 Å². The van der Waals surface area contributed by atoms with E-state index in [1.165, 1.54) is 29.7 Å². The van der Waals surface area contributed by atoms with Crippen LogP contribution in [-0.4, -0.2) is 107 Å². The molecular formula is C33H42N8O6S. The summed E-state index contributed by atoms with van der Waals surface area (Å²) in [6.07, 6.45) is 6.42. The summed E-state index contributed by atoms with van der Waals surface area (Å²) in [5.74, 6) is 1.26. The Balaban J connectivity index is 1.05. The van der Waals surface area contributed by atoms with Crippen molar-refractivity contribution >= 4 is 52.0 Å². The third kappa shape index (κ3) is 6.47. The number of nitrogens with two attached hydrogens (primary N) is 1. The molecule has 48 heavy (non-hydrogen) atoms. The number of amides is 3. The summed E-state index contributed by atoms with van der Waals surface area (Å²) >= 11 is 1.51. The Morgan fingerprint density at radius 1 is 1.06 bits per heavy atom. The summed E-state index contributed by atoms with van der Waals surface area (Å²) in [6, 6.07) is 3.95. The van der Waals surface area contributed by atoms with E-state index in [-0.39, 0.29) is 30.2 Å². The zero-order valence-electron chi connectivity index (χ0n) is 27.7. The standard InChI is InChI=1S/C33H42N8O6S/c1-33(2,3)47-32(44)40-16-22(17-40)46-25-13-26(19-7-8-19)48-28(25)30(42)37-21-6-5-10-38(15-21)24-12-23(41-27(24)29(34)35-18-36-41)20-9-11-39(14-20)31(43)45-4/h9,12-13,18-19,21-22H,5-8,10-11,14-17H2,1-4H3,(H,37,42)(H2,34,35,36)/t21-/m1/s1. The third-order valence-corrected chi connectivity index (χ3v) is 10.3. The van der Waals surface area contributed by atoms with E-state index in [0.29, 0.717) is 60.6 Å². The number of likely N-dealkylation sites (tertiary alicyclic amines) is 1. The lowest BCUT2D eigenvalue weighted by molar-refractivity contribution is -0.0222. The number of nitrogen functional groups attached to an aromatic ring is 1. The Kier molecular flexibility index (Phi) is 8.34. The molecule has 4 aliphatic rings. The second-order valence-corrected chi connectivity index (χ2v) is 15.0. The fourth-order valence-corrected chi connectivity index (χ4v) is 7.63. The lowest BCUT2D eigenvalue weighted by Crippen LogP contribution is -2.57. The molecule has 3 aromatic heterocycles. The van der Waals surface area contributed by atoms with Gasteiger partial charge >= 0.3 is 12.2 Å². The number of piperidine rings is 1. The number of hydrogen-bond acceptors (Lipinski definition) is 11. The molecule has 1 saturated carbocycles. The Bertz CT molecular complexity index is 1770. The van der Waals surface area contributed by atoms with Crippen LogP contribution >= 0.6 is 11.3 Å². The van der Waals surface area contributed by atoms with Crippen LogP contribution in [-0.2, 0) is 9.47 Å². The minimum absolute atomic E-state index is 0.110. The van der Waals surface area contributed by atoms with Gasteiger partial charge in [-0.25, -0.2) is 19.1 Å². The first-order chi connectivity index (χ1) is 23.0. The molecule has 6 heterocycles. The van der Waals surface area contributed by atoms with Crippen LogP contribution in [0.2, 0.25) is 0 Å². The summed E-state index contributed by atoms with van der Waals surface area (Å²) < 4.78 is 18.5. The lowest BCUT2D eigenvalue weighted by Gasteiger charge is -2.39. The van der Waals surface area contributed by atoms with Gasteiger partial charge in [0.25, 0.3) is 5.91 Å². The quantitative estimate of drug-likeness (QED) is 0.373. The van der Waals surface area contributed by atoms with Gasteiger partial charge in [-0.2, -0.15) is 5.10 Å². The monoisotopic (exact) mass is 678 g/mol. The zero-order valence-corrected chi connectivity index (χ0v) is 28.5. The van der Waals surface area contributed by atoms with Crippen molar-refractivity contribution in [3.05, 3.63) is 40.0 Å². The van der Waals surface area contributed by atoms with Crippen molar-refractivity contribution < 1.29 is 28.6 Å². The minimum atomic E-state index is -0.561. The molecule has 0 radical (unpaired) electrons. The molecule has 3 aliphatic heterocycles. The smallest absolute Gasteiger partial charge is 0.410 e. The van der Waals surface area contributed by atoms with Crippen LogP contribution in [0.4, 0.5) is 21.1 Å². The Morgan fingerprint density at radius 2 is 1.85 bits per heavy atom. The van der Waals surface area contributed by atoms with Crippen molar-refractivity contribution in [2.75, 3.05) is 57.0 Å². The average Bonchev–Trinajstić information content (AvgIpc) is 3.41. The topological polar surface area (TPSA) is 157 Å². The maximum absolute atomic E-state index is 13.8. The molecule has 256 valence electrons. The molecule has 7 rings (SSSR count).